The van der Waals surface area contributed by atoms with E-state index in [1.54, 1.807) is 9.80 Å². The van der Waals surface area contributed by atoms with Crippen LogP contribution in [0, 0.1) is 0 Å². The predicted octanol–water partition coefficient (Wildman–Crippen LogP) is 3.42. The Kier molecular flexibility index (Phi) is 4.39. The molecule has 4 rings (SSSR count). The van der Waals surface area contributed by atoms with Gasteiger partial charge in [0.25, 0.3) is 11.8 Å². The summed E-state index contributed by atoms with van der Waals surface area (Å²) >= 11 is 6.39. The van der Waals surface area contributed by atoms with Crippen LogP contribution in [0.25, 0.3) is 10.9 Å². The highest BCUT2D eigenvalue weighted by Gasteiger charge is 2.27. The normalized spacial score (nSPS) is 14.7. The monoisotopic (exact) mass is 367 g/mol. The predicted molar refractivity (Wildman–Crippen MR) is 102 cm³/mol. The summed E-state index contributed by atoms with van der Waals surface area (Å²) in [7, 11) is 0. The number of carbonyl (C=O) groups excluding carboxylic acids is 2. The van der Waals surface area contributed by atoms with Gasteiger partial charge in [0, 0.05) is 42.6 Å². The van der Waals surface area contributed by atoms with Gasteiger partial charge in [-0.3, -0.25) is 9.59 Å². The number of aromatic amines is 1. The maximum atomic E-state index is 12.8. The van der Waals surface area contributed by atoms with E-state index < -0.39 is 0 Å². The Hall–Kier alpha value is -2.79. The van der Waals surface area contributed by atoms with Crippen LogP contribution in [0.5, 0.6) is 0 Å². The zero-order valence-corrected chi connectivity index (χ0v) is 14.9. The highest BCUT2D eigenvalue weighted by Crippen LogP contribution is 2.28. The van der Waals surface area contributed by atoms with Crippen LogP contribution in [0.15, 0.2) is 54.6 Å². The maximum absolute atomic E-state index is 12.8. The maximum Gasteiger partial charge on any atom is 0.271 e. The number of nitrogens with zero attached hydrogens (tertiary/aromatic N) is 2. The molecule has 1 aliphatic heterocycles. The lowest BCUT2D eigenvalue weighted by molar-refractivity contribution is 0.0533. The van der Waals surface area contributed by atoms with Crippen molar-refractivity contribution in [2.75, 3.05) is 26.2 Å². The SMILES string of the molecule is O=C(c1ccccc1)N1CCN(C(=O)c2[nH]c3ccccc3c2Cl)CC1. The van der Waals surface area contributed by atoms with Gasteiger partial charge in [-0.25, -0.2) is 0 Å². The lowest BCUT2D eigenvalue weighted by Gasteiger charge is -2.34. The summed E-state index contributed by atoms with van der Waals surface area (Å²) in [6.45, 7) is 2.00. The van der Waals surface area contributed by atoms with Crippen LogP contribution >= 0.6 is 11.6 Å². The molecule has 26 heavy (non-hydrogen) atoms. The molecule has 132 valence electrons. The lowest BCUT2D eigenvalue weighted by atomic mass is 10.2. The number of halogens is 1. The van der Waals surface area contributed by atoms with Crippen molar-refractivity contribution in [3.05, 3.63) is 70.9 Å². The Morgan fingerprint density at radius 3 is 2.04 bits per heavy atom. The van der Waals surface area contributed by atoms with Gasteiger partial charge in [-0.2, -0.15) is 0 Å². The molecule has 0 saturated carbocycles. The van der Waals surface area contributed by atoms with E-state index in [0.717, 1.165) is 10.9 Å². The summed E-state index contributed by atoms with van der Waals surface area (Å²) in [5.41, 5.74) is 1.93. The van der Waals surface area contributed by atoms with Crippen molar-refractivity contribution in [3.63, 3.8) is 0 Å². The molecule has 2 heterocycles. The van der Waals surface area contributed by atoms with Crippen LogP contribution in [-0.2, 0) is 0 Å². The number of aromatic nitrogens is 1. The minimum atomic E-state index is -0.127. The molecule has 0 radical (unpaired) electrons. The summed E-state index contributed by atoms with van der Waals surface area (Å²) in [6.07, 6.45) is 0. The zero-order chi connectivity index (χ0) is 18.1. The summed E-state index contributed by atoms with van der Waals surface area (Å²) in [5.74, 6) is -0.126. The number of hydrogen-bond acceptors (Lipinski definition) is 2. The molecule has 1 saturated heterocycles. The molecule has 0 bridgehead atoms. The molecule has 0 atom stereocenters. The third kappa shape index (κ3) is 2.95. The van der Waals surface area contributed by atoms with Crippen molar-refractivity contribution in [1.29, 1.82) is 0 Å². The van der Waals surface area contributed by atoms with Gasteiger partial charge in [0.05, 0.1) is 5.02 Å². The van der Waals surface area contributed by atoms with Gasteiger partial charge in [-0.1, -0.05) is 48.0 Å². The van der Waals surface area contributed by atoms with Crippen molar-refractivity contribution in [2.24, 2.45) is 0 Å². The molecule has 6 heteroatoms. The summed E-state index contributed by atoms with van der Waals surface area (Å²) in [6, 6.07) is 16.8. The van der Waals surface area contributed by atoms with Crippen molar-refractivity contribution in [3.8, 4) is 0 Å². The Labute approximate surface area is 156 Å². The van der Waals surface area contributed by atoms with Gasteiger partial charge in [-0.15, -0.1) is 0 Å². The summed E-state index contributed by atoms with van der Waals surface area (Å²) < 4.78 is 0. The number of rotatable bonds is 2. The Morgan fingerprint density at radius 2 is 1.38 bits per heavy atom. The van der Waals surface area contributed by atoms with Gasteiger partial charge in [0.1, 0.15) is 5.69 Å². The van der Waals surface area contributed by atoms with E-state index in [1.807, 2.05) is 54.6 Å². The van der Waals surface area contributed by atoms with Crippen molar-refractivity contribution in [2.45, 2.75) is 0 Å². The molecule has 1 N–H and O–H groups in total. The van der Waals surface area contributed by atoms with E-state index in [1.165, 1.54) is 0 Å². The molecule has 3 aromatic rings. The second-order valence-corrected chi connectivity index (χ2v) is 6.69. The van der Waals surface area contributed by atoms with Gasteiger partial charge in [-0.05, 0) is 18.2 Å². The summed E-state index contributed by atoms with van der Waals surface area (Å²) in [4.78, 5) is 32.0. The van der Waals surface area contributed by atoms with Crippen molar-refractivity contribution < 1.29 is 9.59 Å². The number of H-pyrrole nitrogens is 1. The van der Waals surface area contributed by atoms with E-state index in [4.69, 9.17) is 11.6 Å². The number of hydrogen-bond donors (Lipinski definition) is 1. The number of benzene rings is 2. The average molecular weight is 368 g/mol. The minimum absolute atomic E-state index is 0.00124. The van der Waals surface area contributed by atoms with Crippen LogP contribution in [0.4, 0.5) is 0 Å². The topological polar surface area (TPSA) is 56.4 Å². The zero-order valence-electron chi connectivity index (χ0n) is 14.1. The molecule has 2 amide bonds. The number of amides is 2. The first-order valence-corrected chi connectivity index (χ1v) is 8.93. The molecule has 1 aliphatic rings. The third-order valence-corrected chi connectivity index (χ3v) is 5.12. The van der Waals surface area contributed by atoms with Gasteiger partial charge in [0.2, 0.25) is 0 Å². The standard InChI is InChI=1S/C20H18ClN3O2/c21-17-15-8-4-5-9-16(15)22-18(17)20(26)24-12-10-23(11-13-24)19(25)14-6-2-1-3-7-14/h1-9,22H,10-13H2. The van der Waals surface area contributed by atoms with Crippen LogP contribution in [0.1, 0.15) is 20.8 Å². The highest BCUT2D eigenvalue weighted by molar-refractivity contribution is 6.38. The quantitative estimate of drug-likeness (QED) is 0.754. The second kappa shape index (κ2) is 6.84. The molecule has 0 spiro atoms. The van der Waals surface area contributed by atoms with Gasteiger partial charge >= 0.3 is 0 Å². The fraction of sp³-hybridized carbons (Fsp3) is 0.200. The van der Waals surface area contributed by atoms with Crippen LogP contribution < -0.4 is 0 Å². The number of fused-ring (bicyclic) bond motifs is 1. The fourth-order valence-corrected chi connectivity index (χ4v) is 3.58. The molecule has 1 fully saturated rings. The summed E-state index contributed by atoms with van der Waals surface area (Å²) in [5, 5.41) is 1.30. The average Bonchev–Trinajstić information content (AvgIpc) is 3.04. The van der Waals surface area contributed by atoms with Crippen LogP contribution in [-0.4, -0.2) is 52.8 Å². The van der Waals surface area contributed by atoms with E-state index in [9.17, 15) is 9.59 Å². The number of para-hydroxylation sites is 1. The molecule has 0 unspecified atom stereocenters. The molecule has 0 aliphatic carbocycles. The van der Waals surface area contributed by atoms with Crippen LogP contribution in [0.3, 0.4) is 0 Å². The molecular weight excluding hydrogens is 350 g/mol. The van der Waals surface area contributed by atoms with E-state index in [-0.39, 0.29) is 11.8 Å². The lowest BCUT2D eigenvalue weighted by Crippen LogP contribution is -2.50. The largest absolute Gasteiger partial charge is 0.349 e. The van der Waals surface area contributed by atoms with Crippen LogP contribution in [0.2, 0.25) is 5.02 Å². The van der Waals surface area contributed by atoms with Gasteiger partial charge < -0.3 is 14.8 Å². The van der Waals surface area contributed by atoms with E-state index in [0.29, 0.717) is 42.5 Å². The first kappa shape index (κ1) is 16.7. The Bertz CT molecular complexity index is 960. The molecule has 2 aromatic carbocycles. The molecular formula is C20H18ClN3O2. The highest BCUT2D eigenvalue weighted by atomic mass is 35.5. The first-order valence-electron chi connectivity index (χ1n) is 8.55. The second-order valence-electron chi connectivity index (χ2n) is 6.31. The number of carbonyl (C=O) groups is 2. The molecule has 1 aromatic heterocycles. The van der Waals surface area contributed by atoms with Crippen molar-refractivity contribution in [1.82, 2.24) is 14.8 Å². The van der Waals surface area contributed by atoms with E-state index in [2.05, 4.69) is 4.98 Å². The molecule has 5 nitrogen and oxygen atoms in total. The smallest absolute Gasteiger partial charge is 0.271 e. The Morgan fingerprint density at radius 1 is 0.808 bits per heavy atom. The fourth-order valence-electron chi connectivity index (χ4n) is 3.29. The van der Waals surface area contributed by atoms with Crippen molar-refractivity contribution >= 4 is 34.3 Å². The van der Waals surface area contributed by atoms with E-state index >= 15 is 0 Å². The number of nitrogens with one attached hydrogen (secondary N) is 1. The Balaban J connectivity index is 1.46. The van der Waals surface area contributed by atoms with Gasteiger partial charge in [0.15, 0.2) is 0 Å². The third-order valence-electron chi connectivity index (χ3n) is 4.73. The minimum Gasteiger partial charge on any atom is -0.349 e. The number of piperazine rings is 1. The first-order chi connectivity index (χ1) is 12.6.